The highest BCUT2D eigenvalue weighted by atomic mass is 16.5. The average molecular weight is 495 g/mol. The minimum absolute atomic E-state index is 0.265. The Hall–Kier alpha value is -4.59. The van der Waals surface area contributed by atoms with Crippen molar-refractivity contribution in [3.8, 4) is 5.75 Å². The lowest BCUT2D eigenvalue weighted by Crippen LogP contribution is -2.49. The maximum absolute atomic E-state index is 13.9. The highest BCUT2D eigenvalue weighted by Gasteiger charge is 2.59. The van der Waals surface area contributed by atoms with Crippen molar-refractivity contribution in [1.29, 1.82) is 0 Å². The minimum atomic E-state index is -1.15. The van der Waals surface area contributed by atoms with Crippen molar-refractivity contribution in [2.75, 3.05) is 23.9 Å². The molecule has 2 aliphatic heterocycles. The summed E-state index contributed by atoms with van der Waals surface area (Å²) in [5.74, 6) is 0.150. The molecule has 3 heterocycles. The highest BCUT2D eigenvalue weighted by molar-refractivity contribution is 6.23. The van der Waals surface area contributed by atoms with Crippen LogP contribution in [0, 0.1) is 6.92 Å². The number of anilines is 2. The standard InChI is InChI=1S/C29H26N4O4/c1-17-5-4-6-19(15-17)30-26(34)18-7-9-20(10-8-18)33-27(35)29(2)25-22(13-14-32(29)28(33)36)23-16-21(37-3)11-12-24(23)31-25/h4-12,15-16,31H,13-14H2,1-3H3,(H,30,34). The Labute approximate surface area is 213 Å². The van der Waals surface area contributed by atoms with Gasteiger partial charge in [0.25, 0.3) is 11.8 Å². The molecule has 1 atom stereocenters. The number of fused-ring (bicyclic) bond motifs is 5. The molecule has 4 aromatic rings. The van der Waals surface area contributed by atoms with Crippen molar-refractivity contribution < 1.29 is 19.1 Å². The van der Waals surface area contributed by atoms with E-state index in [1.807, 2.05) is 49.4 Å². The summed E-state index contributed by atoms with van der Waals surface area (Å²) in [4.78, 5) is 46.3. The quantitative estimate of drug-likeness (QED) is 0.392. The van der Waals surface area contributed by atoms with Crippen molar-refractivity contribution in [3.05, 3.63) is 89.1 Å². The molecule has 37 heavy (non-hydrogen) atoms. The zero-order chi connectivity index (χ0) is 25.9. The molecule has 0 saturated carbocycles. The third-order valence-corrected chi connectivity index (χ3v) is 7.43. The third-order valence-electron chi connectivity index (χ3n) is 7.43. The van der Waals surface area contributed by atoms with Crippen LogP contribution < -0.4 is 15.0 Å². The Bertz CT molecular complexity index is 1590. The second-order valence-corrected chi connectivity index (χ2v) is 9.66. The van der Waals surface area contributed by atoms with Gasteiger partial charge in [-0.1, -0.05) is 12.1 Å². The van der Waals surface area contributed by atoms with E-state index in [1.54, 1.807) is 43.2 Å². The van der Waals surface area contributed by atoms with Gasteiger partial charge in [-0.15, -0.1) is 0 Å². The molecule has 186 valence electrons. The second kappa shape index (κ2) is 8.23. The lowest BCUT2D eigenvalue weighted by atomic mass is 9.87. The fourth-order valence-corrected chi connectivity index (χ4v) is 5.46. The molecule has 1 aromatic heterocycles. The first kappa shape index (κ1) is 22.8. The van der Waals surface area contributed by atoms with E-state index in [0.29, 0.717) is 29.9 Å². The molecule has 1 saturated heterocycles. The third kappa shape index (κ3) is 3.40. The molecule has 0 aliphatic carbocycles. The summed E-state index contributed by atoms with van der Waals surface area (Å²) < 4.78 is 5.39. The van der Waals surface area contributed by atoms with Gasteiger partial charge in [0.1, 0.15) is 5.75 Å². The fourth-order valence-electron chi connectivity index (χ4n) is 5.46. The topological polar surface area (TPSA) is 94.7 Å². The first-order valence-electron chi connectivity index (χ1n) is 12.1. The summed E-state index contributed by atoms with van der Waals surface area (Å²) in [7, 11) is 1.62. The van der Waals surface area contributed by atoms with Crippen molar-refractivity contribution in [1.82, 2.24) is 9.88 Å². The molecule has 0 spiro atoms. The number of aryl methyl sites for hydroxylation is 1. The first-order valence-corrected chi connectivity index (χ1v) is 12.1. The van der Waals surface area contributed by atoms with Gasteiger partial charge in [0, 0.05) is 28.7 Å². The molecule has 0 radical (unpaired) electrons. The Balaban J connectivity index is 1.31. The zero-order valence-corrected chi connectivity index (χ0v) is 20.8. The van der Waals surface area contributed by atoms with Crippen LogP contribution in [-0.4, -0.2) is 41.4 Å². The second-order valence-electron chi connectivity index (χ2n) is 9.66. The van der Waals surface area contributed by atoms with Crippen molar-refractivity contribution in [2.24, 2.45) is 0 Å². The van der Waals surface area contributed by atoms with Crippen LogP contribution in [0.1, 0.15) is 34.1 Å². The number of H-pyrrole nitrogens is 1. The molecule has 3 aromatic carbocycles. The number of hydrogen-bond donors (Lipinski definition) is 2. The zero-order valence-electron chi connectivity index (χ0n) is 20.8. The number of carbonyl (C=O) groups is 3. The monoisotopic (exact) mass is 494 g/mol. The largest absolute Gasteiger partial charge is 0.497 e. The lowest BCUT2D eigenvalue weighted by Gasteiger charge is -2.35. The minimum Gasteiger partial charge on any atom is -0.497 e. The Morgan fingerprint density at radius 3 is 2.57 bits per heavy atom. The normalized spacial score (nSPS) is 18.7. The molecule has 2 N–H and O–H groups in total. The molecule has 1 unspecified atom stereocenters. The van der Waals surface area contributed by atoms with Crippen molar-refractivity contribution in [3.63, 3.8) is 0 Å². The van der Waals surface area contributed by atoms with Crippen LogP contribution in [0.25, 0.3) is 10.9 Å². The van der Waals surface area contributed by atoms with E-state index in [0.717, 1.165) is 33.5 Å². The summed E-state index contributed by atoms with van der Waals surface area (Å²) in [6.07, 6.45) is 0.628. The molecule has 6 rings (SSSR count). The SMILES string of the molecule is COc1ccc2[nH]c3c(c2c1)CCN1C(=O)N(c2ccc(C(=O)Nc4cccc(C)c4)cc2)C(=O)C31C. The predicted molar refractivity (Wildman–Crippen MR) is 141 cm³/mol. The van der Waals surface area contributed by atoms with Gasteiger partial charge >= 0.3 is 6.03 Å². The van der Waals surface area contributed by atoms with Gasteiger partial charge in [0.05, 0.1) is 18.5 Å². The van der Waals surface area contributed by atoms with E-state index in [-0.39, 0.29) is 17.8 Å². The summed E-state index contributed by atoms with van der Waals surface area (Å²) in [6, 6.07) is 19.5. The van der Waals surface area contributed by atoms with Gasteiger partial charge in [-0.05, 0) is 86.0 Å². The van der Waals surface area contributed by atoms with Crippen LogP contribution in [0.4, 0.5) is 16.2 Å². The predicted octanol–water partition coefficient (Wildman–Crippen LogP) is 4.98. The van der Waals surface area contributed by atoms with Gasteiger partial charge < -0.3 is 19.9 Å². The van der Waals surface area contributed by atoms with Gasteiger partial charge in [-0.25, -0.2) is 9.69 Å². The van der Waals surface area contributed by atoms with Crippen LogP contribution >= 0.6 is 0 Å². The summed E-state index contributed by atoms with van der Waals surface area (Å²) >= 11 is 0. The smallest absolute Gasteiger partial charge is 0.332 e. The van der Waals surface area contributed by atoms with Gasteiger partial charge in [0.2, 0.25) is 0 Å². The number of nitrogens with one attached hydrogen (secondary N) is 2. The Morgan fingerprint density at radius 1 is 1.05 bits per heavy atom. The van der Waals surface area contributed by atoms with E-state index >= 15 is 0 Å². The van der Waals surface area contributed by atoms with E-state index in [9.17, 15) is 14.4 Å². The number of ether oxygens (including phenoxy) is 1. The molecule has 8 heteroatoms. The molecule has 4 amide bonds. The number of amides is 4. The van der Waals surface area contributed by atoms with E-state index in [4.69, 9.17) is 4.74 Å². The van der Waals surface area contributed by atoms with Crippen molar-refractivity contribution >= 4 is 40.1 Å². The molecule has 8 nitrogen and oxygen atoms in total. The van der Waals surface area contributed by atoms with Crippen molar-refractivity contribution in [2.45, 2.75) is 25.8 Å². The molecular formula is C29H26N4O4. The van der Waals surface area contributed by atoms with E-state index in [2.05, 4.69) is 10.3 Å². The molecule has 0 bridgehead atoms. The maximum Gasteiger partial charge on any atom is 0.332 e. The van der Waals surface area contributed by atoms with Gasteiger partial charge in [-0.3, -0.25) is 9.59 Å². The number of methoxy groups -OCH3 is 1. The van der Waals surface area contributed by atoms with Crippen LogP contribution in [0.3, 0.4) is 0 Å². The molecule has 2 aliphatic rings. The summed E-state index contributed by atoms with van der Waals surface area (Å²) in [5, 5.41) is 3.87. The molecule has 1 fully saturated rings. The number of rotatable bonds is 4. The maximum atomic E-state index is 13.9. The summed E-state index contributed by atoms with van der Waals surface area (Å²) in [6.45, 7) is 4.17. The van der Waals surface area contributed by atoms with E-state index < -0.39 is 5.54 Å². The number of hydrogen-bond acceptors (Lipinski definition) is 4. The first-order chi connectivity index (χ1) is 17.8. The number of nitrogens with zero attached hydrogens (tertiary/aromatic N) is 2. The molecular weight excluding hydrogens is 468 g/mol. The van der Waals surface area contributed by atoms with Crippen LogP contribution in [0.5, 0.6) is 5.75 Å². The van der Waals surface area contributed by atoms with E-state index in [1.165, 1.54) is 4.90 Å². The van der Waals surface area contributed by atoms with Gasteiger partial charge in [-0.2, -0.15) is 0 Å². The average Bonchev–Trinajstić information content (AvgIpc) is 3.36. The summed E-state index contributed by atoms with van der Waals surface area (Å²) in [5.41, 5.74) is 4.11. The number of urea groups is 1. The lowest BCUT2D eigenvalue weighted by molar-refractivity contribution is -0.125. The number of carbonyl (C=O) groups excluding carboxylic acids is 3. The Kier molecular flexibility index (Phi) is 5.08. The highest BCUT2D eigenvalue weighted by Crippen LogP contribution is 2.45. The Morgan fingerprint density at radius 2 is 1.84 bits per heavy atom. The van der Waals surface area contributed by atoms with Crippen LogP contribution in [-0.2, 0) is 16.8 Å². The fraction of sp³-hybridized carbons (Fsp3) is 0.207. The van der Waals surface area contributed by atoms with Gasteiger partial charge in [0.15, 0.2) is 5.54 Å². The number of imide groups is 1. The number of benzene rings is 3. The number of aromatic nitrogens is 1. The van der Waals surface area contributed by atoms with Crippen LogP contribution in [0.15, 0.2) is 66.7 Å². The number of aromatic amines is 1. The van der Waals surface area contributed by atoms with Crippen LogP contribution in [0.2, 0.25) is 0 Å².